The summed E-state index contributed by atoms with van der Waals surface area (Å²) in [7, 11) is 1.39. The lowest BCUT2D eigenvalue weighted by atomic mass is 10.4. The normalized spacial score (nSPS) is 10.8. The van der Waals surface area contributed by atoms with E-state index in [4.69, 9.17) is 4.42 Å². The Hall–Kier alpha value is -1.33. The van der Waals surface area contributed by atoms with Gasteiger partial charge in [-0.1, -0.05) is 13.8 Å². The highest BCUT2D eigenvalue weighted by Gasteiger charge is 2.11. The number of nitrogens with one attached hydrogen (secondary N) is 1. The zero-order valence-corrected chi connectivity index (χ0v) is 9.95. The Kier molecular flexibility index (Phi) is 5.01. The van der Waals surface area contributed by atoms with Gasteiger partial charge in [0.05, 0.1) is 13.7 Å². The van der Waals surface area contributed by atoms with E-state index in [0.717, 1.165) is 18.8 Å². The average Bonchev–Trinajstić information content (AvgIpc) is 2.74. The van der Waals surface area contributed by atoms with Crippen LogP contribution in [0.15, 0.2) is 16.5 Å². The van der Waals surface area contributed by atoms with Crippen molar-refractivity contribution < 1.29 is 14.0 Å². The zero-order chi connectivity index (χ0) is 12.0. The number of nitrogens with zero attached hydrogens (tertiary/aromatic N) is 1. The Morgan fingerprint density at radius 1 is 1.44 bits per heavy atom. The number of hydrogen-bond donors (Lipinski definition) is 1. The van der Waals surface area contributed by atoms with E-state index < -0.39 is 0 Å². The molecule has 0 bridgehead atoms. The molecule has 0 aliphatic heterocycles. The highest BCUT2D eigenvalue weighted by atomic mass is 16.6. The van der Waals surface area contributed by atoms with Gasteiger partial charge in [-0.3, -0.25) is 14.5 Å². The minimum atomic E-state index is -0.367. The molecule has 5 heteroatoms. The fourth-order valence-electron chi connectivity index (χ4n) is 1.40. The predicted octanol–water partition coefficient (Wildman–Crippen LogP) is 1.41. The van der Waals surface area contributed by atoms with E-state index in [1.165, 1.54) is 7.11 Å². The van der Waals surface area contributed by atoms with Crippen LogP contribution in [0.1, 0.15) is 30.2 Å². The van der Waals surface area contributed by atoms with Gasteiger partial charge in [-0.2, -0.15) is 0 Å². The molecule has 0 saturated carbocycles. The molecule has 1 aromatic rings. The standard InChI is InChI=1S/C11H18N2O3/c1-4-13(5-2)8-9-6-7-10(16-9)11(14)12-15-3/h6-7H,4-5,8H2,1-3H3,(H,12,14). The smallest absolute Gasteiger partial charge is 0.310 e. The zero-order valence-electron chi connectivity index (χ0n) is 9.95. The SMILES string of the molecule is CCN(CC)Cc1ccc(C(=O)NOC)o1. The molecule has 1 heterocycles. The Labute approximate surface area is 95.3 Å². The van der Waals surface area contributed by atoms with E-state index in [1.54, 1.807) is 6.07 Å². The van der Waals surface area contributed by atoms with Gasteiger partial charge in [0.1, 0.15) is 5.76 Å². The topological polar surface area (TPSA) is 54.7 Å². The minimum absolute atomic E-state index is 0.268. The van der Waals surface area contributed by atoms with Gasteiger partial charge in [0.2, 0.25) is 0 Å². The number of carbonyl (C=O) groups excluding carboxylic acids is 1. The minimum Gasteiger partial charge on any atom is -0.454 e. The highest BCUT2D eigenvalue weighted by Crippen LogP contribution is 2.10. The van der Waals surface area contributed by atoms with Crippen molar-refractivity contribution in [2.45, 2.75) is 20.4 Å². The van der Waals surface area contributed by atoms with E-state index in [-0.39, 0.29) is 11.7 Å². The maximum Gasteiger partial charge on any atom is 0.310 e. The molecule has 0 aromatic carbocycles. The van der Waals surface area contributed by atoms with Crippen molar-refractivity contribution in [3.63, 3.8) is 0 Å². The van der Waals surface area contributed by atoms with Gasteiger partial charge in [-0.15, -0.1) is 0 Å². The Bertz CT molecular complexity index is 332. The second-order valence-corrected chi connectivity index (χ2v) is 3.36. The van der Waals surface area contributed by atoms with E-state index in [1.807, 2.05) is 6.07 Å². The lowest BCUT2D eigenvalue weighted by molar-refractivity contribution is 0.0507. The number of hydrogen-bond acceptors (Lipinski definition) is 4. The van der Waals surface area contributed by atoms with Gasteiger partial charge < -0.3 is 4.42 Å². The molecule has 16 heavy (non-hydrogen) atoms. The molecule has 5 nitrogen and oxygen atoms in total. The molecule has 1 amide bonds. The number of furan rings is 1. The lowest BCUT2D eigenvalue weighted by Gasteiger charge is -2.15. The van der Waals surface area contributed by atoms with Crippen molar-refractivity contribution in [3.05, 3.63) is 23.7 Å². The first-order valence-corrected chi connectivity index (χ1v) is 5.35. The van der Waals surface area contributed by atoms with Gasteiger partial charge in [0.15, 0.2) is 5.76 Å². The second-order valence-electron chi connectivity index (χ2n) is 3.36. The van der Waals surface area contributed by atoms with Crippen LogP contribution in [0, 0.1) is 0 Å². The predicted molar refractivity (Wildman–Crippen MR) is 59.8 cm³/mol. The van der Waals surface area contributed by atoms with E-state index in [9.17, 15) is 4.79 Å². The summed E-state index contributed by atoms with van der Waals surface area (Å²) in [5, 5.41) is 0. The molecule has 0 unspecified atom stereocenters. The summed E-state index contributed by atoms with van der Waals surface area (Å²) in [4.78, 5) is 18.1. The summed E-state index contributed by atoms with van der Waals surface area (Å²) in [5.74, 6) is 0.683. The molecular weight excluding hydrogens is 208 g/mol. The molecule has 0 aliphatic carbocycles. The largest absolute Gasteiger partial charge is 0.454 e. The van der Waals surface area contributed by atoms with Gasteiger partial charge in [-0.25, -0.2) is 5.48 Å². The molecule has 0 saturated heterocycles. The second kappa shape index (κ2) is 6.30. The third kappa shape index (κ3) is 3.36. The molecule has 0 fully saturated rings. The summed E-state index contributed by atoms with van der Waals surface area (Å²) in [5.41, 5.74) is 2.21. The van der Waals surface area contributed by atoms with Gasteiger partial charge >= 0.3 is 5.91 Å². The molecule has 1 N–H and O–H groups in total. The summed E-state index contributed by atoms with van der Waals surface area (Å²) >= 11 is 0. The van der Waals surface area contributed by atoms with Gasteiger partial charge in [0.25, 0.3) is 0 Å². The van der Waals surface area contributed by atoms with Crippen LogP contribution in [-0.2, 0) is 11.4 Å². The lowest BCUT2D eigenvalue weighted by Crippen LogP contribution is -2.22. The summed E-state index contributed by atoms with van der Waals surface area (Å²) in [6.45, 7) is 6.80. The van der Waals surface area contributed by atoms with Crippen molar-refractivity contribution >= 4 is 5.91 Å². The Morgan fingerprint density at radius 2 is 2.12 bits per heavy atom. The number of carbonyl (C=O) groups is 1. The monoisotopic (exact) mass is 226 g/mol. The van der Waals surface area contributed by atoms with Crippen molar-refractivity contribution in [1.82, 2.24) is 10.4 Å². The molecular formula is C11H18N2O3. The maximum atomic E-state index is 11.3. The molecule has 90 valence electrons. The van der Waals surface area contributed by atoms with E-state index in [2.05, 4.69) is 29.1 Å². The van der Waals surface area contributed by atoms with Gasteiger partial charge in [0, 0.05) is 0 Å². The summed E-state index contributed by atoms with van der Waals surface area (Å²) < 4.78 is 5.40. The van der Waals surface area contributed by atoms with E-state index in [0.29, 0.717) is 6.54 Å². The number of amides is 1. The Morgan fingerprint density at radius 3 is 2.69 bits per heavy atom. The maximum absolute atomic E-state index is 11.3. The first-order valence-electron chi connectivity index (χ1n) is 5.35. The fourth-order valence-corrected chi connectivity index (χ4v) is 1.40. The first-order chi connectivity index (χ1) is 7.71. The Balaban J connectivity index is 2.60. The highest BCUT2D eigenvalue weighted by molar-refractivity contribution is 5.90. The van der Waals surface area contributed by atoms with Crippen LogP contribution in [0.4, 0.5) is 0 Å². The van der Waals surface area contributed by atoms with Crippen molar-refractivity contribution in [1.29, 1.82) is 0 Å². The van der Waals surface area contributed by atoms with Crippen LogP contribution < -0.4 is 5.48 Å². The third-order valence-electron chi connectivity index (χ3n) is 2.35. The molecule has 0 radical (unpaired) electrons. The van der Waals surface area contributed by atoms with Crippen LogP contribution >= 0.6 is 0 Å². The molecule has 0 spiro atoms. The summed E-state index contributed by atoms with van der Waals surface area (Å²) in [6.07, 6.45) is 0. The quantitative estimate of drug-likeness (QED) is 0.745. The summed E-state index contributed by atoms with van der Waals surface area (Å²) in [6, 6.07) is 3.45. The van der Waals surface area contributed by atoms with Crippen LogP contribution in [0.3, 0.4) is 0 Å². The van der Waals surface area contributed by atoms with Crippen LogP contribution in [0.25, 0.3) is 0 Å². The van der Waals surface area contributed by atoms with Crippen LogP contribution in [0.2, 0.25) is 0 Å². The molecule has 1 aromatic heterocycles. The van der Waals surface area contributed by atoms with Gasteiger partial charge in [-0.05, 0) is 25.2 Å². The van der Waals surface area contributed by atoms with Crippen LogP contribution in [-0.4, -0.2) is 31.0 Å². The molecule has 1 rings (SSSR count). The average molecular weight is 226 g/mol. The molecule has 0 atom stereocenters. The van der Waals surface area contributed by atoms with E-state index >= 15 is 0 Å². The number of rotatable bonds is 6. The van der Waals surface area contributed by atoms with Crippen LogP contribution in [0.5, 0.6) is 0 Å². The molecule has 0 aliphatic rings. The third-order valence-corrected chi connectivity index (χ3v) is 2.35. The first kappa shape index (κ1) is 12.7. The van der Waals surface area contributed by atoms with Crippen molar-refractivity contribution in [2.75, 3.05) is 20.2 Å². The fraction of sp³-hybridized carbons (Fsp3) is 0.545. The number of hydroxylamine groups is 1. The van der Waals surface area contributed by atoms with Crippen molar-refractivity contribution in [2.24, 2.45) is 0 Å². The van der Waals surface area contributed by atoms with Crippen molar-refractivity contribution in [3.8, 4) is 0 Å².